The smallest absolute Gasteiger partial charge is 0.317 e. The molecule has 0 unspecified atom stereocenters. The van der Waals surface area contributed by atoms with E-state index in [0.717, 1.165) is 50.0 Å². The summed E-state index contributed by atoms with van der Waals surface area (Å²) in [6.45, 7) is 10.0. The zero-order chi connectivity index (χ0) is 18.5. The fourth-order valence-corrected chi connectivity index (χ4v) is 4.07. The average molecular weight is 374 g/mol. The van der Waals surface area contributed by atoms with E-state index in [4.69, 9.17) is 0 Å². The highest BCUT2D eigenvalue weighted by Crippen LogP contribution is 2.19. The lowest BCUT2D eigenvalue weighted by atomic mass is 10.0. The van der Waals surface area contributed by atoms with Crippen LogP contribution in [0.3, 0.4) is 0 Å². The first-order valence-electron chi connectivity index (χ1n) is 9.24. The zero-order valence-corrected chi connectivity index (χ0v) is 16.6. The molecule has 0 bridgehead atoms. The van der Waals surface area contributed by atoms with Crippen LogP contribution in [0.25, 0.3) is 0 Å². The van der Waals surface area contributed by atoms with Gasteiger partial charge in [-0.3, -0.25) is 0 Å². The number of piperazine rings is 1. The lowest BCUT2D eigenvalue weighted by Gasteiger charge is -2.34. The summed E-state index contributed by atoms with van der Waals surface area (Å²) in [5, 5.41) is 4.04. The van der Waals surface area contributed by atoms with Crippen molar-refractivity contribution in [3.63, 3.8) is 0 Å². The van der Waals surface area contributed by atoms with Gasteiger partial charge in [0.1, 0.15) is 5.82 Å². The van der Waals surface area contributed by atoms with Crippen molar-refractivity contribution in [1.82, 2.24) is 19.6 Å². The molecule has 1 aliphatic rings. The van der Waals surface area contributed by atoms with Gasteiger partial charge in [0, 0.05) is 50.7 Å². The van der Waals surface area contributed by atoms with Crippen molar-refractivity contribution in [2.24, 2.45) is 0 Å². The van der Waals surface area contributed by atoms with Crippen LogP contribution in [-0.4, -0.2) is 53.0 Å². The van der Waals surface area contributed by atoms with Crippen molar-refractivity contribution in [2.45, 2.75) is 33.6 Å². The normalized spacial score (nSPS) is 14.6. The van der Waals surface area contributed by atoms with E-state index >= 15 is 0 Å². The SMILES string of the molecule is CCc1nsc(N2CCN(C(=O)NCCc3c(C)cccc3C)CC2)n1. The molecule has 6 nitrogen and oxygen atoms in total. The number of urea groups is 1. The van der Waals surface area contributed by atoms with E-state index in [1.165, 1.54) is 28.2 Å². The molecule has 0 aliphatic carbocycles. The van der Waals surface area contributed by atoms with Crippen LogP contribution >= 0.6 is 11.5 Å². The van der Waals surface area contributed by atoms with E-state index in [0.29, 0.717) is 6.54 Å². The van der Waals surface area contributed by atoms with Gasteiger partial charge in [-0.05, 0) is 37.0 Å². The van der Waals surface area contributed by atoms with E-state index in [1.54, 1.807) is 0 Å². The Labute approximate surface area is 159 Å². The number of hydrogen-bond acceptors (Lipinski definition) is 5. The number of rotatable bonds is 5. The van der Waals surface area contributed by atoms with E-state index < -0.39 is 0 Å². The van der Waals surface area contributed by atoms with Crippen LogP contribution in [0, 0.1) is 13.8 Å². The van der Waals surface area contributed by atoms with Crippen molar-refractivity contribution in [1.29, 1.82) is 0 Å². The second-order valence-corrected chi connectivity index (χ2v) is 7.40. The van der Waals surface area contributed by atoms with Crippen LogP contribution in [0.1, 0.15) is 29.4 Å². The number of aryl methyl sites for hydroxylation is 3. The molecule has 1 fully saturated rings. The summed E-state index contributed by atoms with van der Waals surface area (Å²) >= 11 is 1.45. The van der Waals surface area contributed by atoms with E-state index in [-0.39, 0.29) is 6.03 Å². The molecule has 140 valence electrons. The fourth-order valence-electron chi connectivity index (χ4n) is 3.27. The van der Waals surface area contributed by atoms with Crippen molar-refractivity contribution in [3.05, 3.63) is 40.7 Å². The molecule has 1 aliphatic heterocycles. The number of anilines is 1. The molecular weight excluding hydrogens is 346 g/mol. The highest BCUT2D eigenvalue weighted by molar-refractivity contribution is 7.09. The largest absolute Gasteiger partial charge is 0.343 e. The summed E-state index contributed by atoms with van der Waals surface area (Å²) in [4.78, 5) is 21.1. The number of hydrogen-bond donors (Lipinski definition) is 1. The molecule has 3 rings (SSSR count). The minimum absolute atomic E-state index is 0.0300. The van der Waals surface area contributed by atoms with Crippen LogP contribution in [0.5, 0.6) is 0 Å². The second-order valence-electron chi connectivity index (χ2n) is 6.67. The summed E-state index contributed by atoms with van der Waals surface area (Å²) in [5.41, 5.74) is 3.91. The van der Waals surface area contributed by atoms with Crippen LogP contribution in [0.2, 0.25) is 0 Å². The summed E-state index contributed by atoms with van der Waals surface area (Å²) < 4.78 is 4.34. The molecular formula is C19H27N5OS. The van der Waals surface area contributed by atoms with Crippen LogP contribution in [0.4, 0.5) is 9.93 Å². The van der Waals surface area contributed by atoms with Crippen LogP contribution < -0.4 is 10.2 Å². The Morgan fingerprint density at radius 1 is 1.19 bits per heavy atom. The third-order valence-electron chi connectivity index (χ3n) is 4.91. The Balaban J connectivity index is 1.45. The van der Waals surface area contributed by atoms with Gasteiger partial charge in [-0.15, -0.1) is 0 Å². The van der Waals surface area contributed by atoms with Crippen molar-refractivity contribution >= 4 is 22.7 Å². The number of nitrogens with zero attached hydrogens (tertiary/aromatic N) is 4. The number of amides is 2. The molecule has 1 N–H and O–H groups in total. The summed E-state index contributed by atoms with van der Waals surface area (Å²) in [5.74, 6) is 0.900. The molecule has 2 aromatic rings. The van der Waals surface area contributed by atoms with E-state index in [2.05, 4.69) is 58.5 Å². The first kappa shape index (κ1) is 18.6. The van der Waals surface area contributed by atoms with Crippen molar-refractivity contribution < 1.29 is 4.79 Å². The predicted molar refractivity (Wildman–Crippen MR) is 106 cm³/mol. The number of benzene rings is 1. The van der Waals surface area contributed by atoms with Crippen molar-refractivity contribution in [3.8, 4) is 0 Å². The Kier molecular flexibility index (Phi) is 6.08. The predicted octanol–water partition coefficient (Wildman–Crippen LogP) is 2.79. The summed E-state index contributed by atoms with van der Waals surface area (Å²) in [7, 11) is 0. The van der Waals surface area contributed by atoms with Crippen LogP contribution in [0.15, 0.2) is 18.2 Å². The molecule has 1 saturated heterocycles. The number of carbonyl (C=O) groups is 1. The average Bonchev–Trinajstić information content (AvgIpc) is 3.13. The van der Waals surface area contributed by atoms with Gasteiger partial charge >= 0.3 is 6.03 Å². The molecule has 0 radical (unpaired) electrons. The Morgan fingerprint density at radius 2 is 1.88 bits per heavy atom. The minimum Gasteiger partial charge on any atom is -0.343 e. The number of aromatic nitrogens is 2. The van der Waals surface area contributed by atoms with Gasteiger partial charge in [0.15, 0.2) is 0 Å². The van der Waals surface area contributed by atoms with Gasteiger partial charge in [0.05, 0.1) is 0 Å². The van der Waals surface area contributed by atoms with Gasteiger partial charge in [-0.1, -0.05) is 25.1 Å². The maximum Gasteiger partial charge on any atom is 0.317 e. The van der Waals surface area contributed by atoms with Crippen LogP contribution in [-0.2, 0) is 12.8 Å². The maximum atomic E-state index is 12.4. The molecule has 2 amide bonds. The van der Waals surface area contributed by atoms with Crippen molar-refractivity contribution in [2.75, 3.05) is 37.6 Å². The third-order valence-corrected chi connectivity index (χ3v) is 5.72. The highest BCUT2D eigenvalue weighted by Gasteiger charge is 2.23. The monoisotopic (exact) mass is 373 g/mol. The first-order valence-corrected chi connectivity index (χ1v) is 10.0. The molecule has 26 heavy (non-hydrogen) atoms. The minimum atomic E-state index is 0.0300. The molecule has 1 aromatic heterocycles. The zero-order valence-electron chi connectivity index (χ0n) is 15.8. The molecule has 0 atom stereocenters. The first-order chi connectivity index (χ1) is 12.6. The molecule has 1 aromatic carbocycles. The molecule has 2 heterocycles. The standard InChI is InChI=1S/C19H27N5OS/c1-4-17-21-19(26-22-17)24-12-10-23(11-13-24)18(25)20-9-8-16-14(2)6-5-7-15(16)3/h5-7H,4,8-13H2,1-3H3,(H,20,25). The number of nitrogens with one attached hydrogen (secondary N) is 1. The van der Waals surface area contributed by atoms with E-state index in [1.807, 2.05) is 4.90 Å². The van der Waals surface area contributed by atoms with Gasteiger partial charge in [0.25, 0.3) is 0 Å². The van der Waals surface area contributed by atoms with Gasteiger partial charge in [0.2, 0.25) is 5.13 Å². The van der Waals surface area contributed by atoms with Gasteiger partial charge in [-0.2, -0.15) is 4.37 Å². The summed E-state index contributed by atoms with van der Waals surface area (Å²) in [6.07, 6.45) is 1.73. The van der Waals surface area contributed by atoms with E-state index in [9.17, 15) is 4.79 Å². The maximum absolute atomic E-state index is 12.4. The summed E-state index contributed by atoms with van der Waals surface area (Å²) in [6, 6.07) is 6.36. The Morgan fingerprint density at radius 3 is 2.50 bits per heavy atom. The fraction of sp³-hybridized carbons (Fsp3) is 0.526. The topological polar surface area (TPSA) is 61.4 Å². The second kappa shape index (κ2) is 8.49. The molecule has 7 heteroatoms. The lowest BCUT2D eigenvalue weighted by Crippen LogP contribution is -2.52. The lowest BCUT2D eigenvalue weighted by molar-refractivity contribution is 0.194. The molecule has 0 saturated carbocycles. The highest BCUT2D eigenvalue weighted by atomic mass is 32.1. The Hall–Kier alpha value is -2.15. The number of carbonyl (C=O) groups excluding carboxylic acids is 1. The third kappa shape index (κ3) is 4.33. The van der Waals surface area contributed by atoms with Gasteiger partial charge < -0.3 is 15.1 Å². The van der Waals surface area contributed by atoms with Gasteiger partial charge in [-0.25, -0.2) is 9.78 Å². The Bertz CT molecular complexity index is 732. The quantitative estimate of drug-likeness (QED) is 0.875. The molecule has 0 spiro atoms.